The lowest BCUT2D eigenvalue weighted by molar-refractivity contribution is -0.145. The number of aliphatic carboxylic acids is 2. The Morgan fingerprint density at radius 2 is 1.79 bits per heavy atom. The quantitative estimate of drug-likeness (QED) is 0.543. The molecule has 7 heteroatoms. The molecule has 0 spiro atoms. The Balaban J connectivity index is 2.41. The van der Waals surface area contributed by atoms with Gasteiger partial charge in [-0.25, -0.2) is 9.59 Å². The molecule has 1 aliphatic rings. The van der Waals surface area contributed by atoms with E-state index in [0.29, 0.717) is 12.5 Å². The molecule has 0 bridgehead atoms. The maximum absolute atomic E-state index is 11.6. The molecule has 0 heterocycles. The van der Waals surface area contributed by atoms with Crippen molar-refractivity contribution in [1.29, 1.82) is 0 Å². The van der Waals surface area contributed by atoms with E-state index >= 15 is 0 Å². The van der Waals surface area contributed by atoms with Gasteiger partial charge < -0.3 is 20.8 Å². The summed E-state index contributed by atoms with van der Waals surface area (Å²) in [4.78, 5) is 32.8. The van der Waals surface area contributed by atoms with Crippen molar-refractivity contribution in [1.82, 2.24) is 10.6 Å². The normalized spacial score (nSPS) is 17.6. The second-order valence-corrected chi connectivity index (χ2v) is 5.33. The predicted molar refractivity (Wildman–Crippen MR) is 66.7 cm³/mol. The van der Waals surface area contributed by atoms with E-state index in [-0.39, 0.29) is 5.41 Å². The highest BCUT2D eigenvalue weighted by atomic mass is 16.4. The second-order valence-electron chi connectivity index (χ2n) is 5.33. The first-order valence-corrected chi connectivity index (χ1v) is 6.26. The van der Waals surface area contributed by atoms with Crippen molar-refractivity contribution in [2.45, 2.75) is 39.2 Å². The first-order chi connectivity index (χ1) is 8.77. The van der Waals surface area contributed by atoms with Gasteiger partial charge in [0.15, 0.2) is 0 Å². The van der Waals surface area contributed by atoms with E-state index in [2.05, 4.69) is 24.5 Å². The Hall–Kier alpha value is -1.79. The van der Waals surface area contributed by atoms with E-state index in [1.54, 1.807) is 0 Å². The molecule has 0 aromatic rings. The van der Waals surface area contributed by atoms with Gasteiger partial charge >= 0.3 is 18.0 Å². The van der Waals surface area contributed by atoms with E-state index in [1.807, 2.05) is 0 Å². The van der Waals surface area contributed by atoms with E-state index in [1.165, 1.54) is 0 Å². The Bertz CT molecular complexity index is 376. The van der Waals surface area contributed by atoms with Crippen molar-refractivity contribution < 1.29 is 24.6 Å². The van der Waals surface area contributed by atoms with Crippen LogP contribution in [0, 0.1) is 11.3 Å². The zero-order valence-electron chi connectivity index (χ0n) is 11.1. The maximum atomic E-state index is 11.6. The molecule has 4 N–H and O–H groups in total. The minimum absolute atomic E-state index is 0.114. The van der Waals surface area contributed by atoms with Crippen LogP contribution in [0.15, 0.2) is 0 Å². The smallest absolute Gasteiger partial charge is 0.326 e. The fourth-order valence-corrected chi connectivity index (χ4v) is 1.96. The highest BCUT2D eigenvalue weighted by Gasteiger charge is 2.45. The third kappa shape index (κ3) is 4.42. The van der Waals surface area contributed by atoms with Crippen molar-refractivity contribution in [3.05, 3.63) is 0 Å². The third-order valence-electron chi connectivity index (χ3n) is 3.70. The zero-order chi connectivity index (χ0) is 14.6. The lowest BCUT2D eigenvalue weighted by Gasteiger charge is -2.21. The molecule has 108 valence electrons. The highest BCUT2D eigenvalue weighted by Crippen LogP contribution is 2.51. The number of carbonyl (C=O) groups is 3. The Kier molecular flexibility index (Phi) is 4.74. The van der Waals surface area contributed by atoms with Crippen LogP contribution in [0.1, 0.15) is 33.1 Å². The fourth-order valence-electron chi connectivity index (χ4n) is 1.96. The van der Waals surface area contributed by atoms with E-state index in [9.17, 15) is 14.4 Å². The average molecular weight is 272 g/mol. The largest absolute Gasteiger partial charge is 0.481 e. The Labute approximate surface area is 111 Å². The molecule has 0 aromatic heterocycles. The molecule has 2 amide bonds. The van der Waals surface area contributed by atoms with E-state index in [0.717, 1.165) is 12.8 Å². The van der Waals surface area contributed by atoms with Crippen LogP contribution in [0.5, 0.6) is 0 Å². The van der Waals surface area contributed by atoms with Crippen LogP contribution >= 0.6 is 0 Å². The van der Waals surface area contributed by atoms with Crippen LogP contribution in [0.4, 0.5) is 4.79 Å². The van der Waals surface area contributed by atoms with Crippen LogP contribution in [-0.4, -0.2) is 40.8 Å². The number of carboxylic acids is 2. The lowest BCUT2D eigenvalue weighted by atomic mass is 9.92. The number of hydrogen-bond donors (Lipinski definition) is 4. The maximum Gasteiger partial charge on any atom is 0.326 e. The van der Waals surface area contributed by atoms with Crippen LogP contribution in [0.25, 0.3) is 0 Å². The molecule has 1 rings (SSSR count). The molecular weight excluding hydrogens is 252 g/mol. The molecule has 1 saturated carbocycles. The van der Waals surface area contributed by atoms with Crippen molar-refractivity contribution in [2.75, 3.05) is 6.54 Å². The molecule has 7 nitrogen and oxygen atoms in total. The lowest BCUT2D eigenvalue weighted by Crippen LogP contribution is -2.48. The molecule has 0 saturated heterocycles. The molecule has 1 aliphatic carbocycles. The molecule has 0 aliphatic heterocycles. The molecule has 1 atom stereocenters. The molecule has 1 fully saturated rings. The summed E-state index contributed by atoms with van der Waals surface area (Å²) >= 11 is 0. The average Bonchev–Trinajstić information content (AvgIpc) is 3.05. The fraction of sp³-hybridized carbons (Fsp3) is 0.750. The van der Waals surface area contributed by atoms with E-state index in [4.69, 9.17) is 10.2 Å². The Morgan fingerprint density at radius 1 is 1.21 bits per heavy atom. The van der Waals surface area contributed by atoms with Crippen LogP contribution in [-0.2, 0) is 9.59 Å². The summed E-state index contributed by atoms with van der Waals surface area (Å²) in [5.41, 5.74) is 0.114. The molecular formula is C12H20N2O5. The number of nitrogens with one attached hydrogen (secondary N) is 2. The number of urea groups is 1. The van der Waals surface area contributed by atoms with Gasteiger partial charge in [0.1, 0.15) is 6.04 Å². The SMILES string of the molecule is CC(C)C1(CNC(=O)N[C@H](CC(=O)O)C(=O)O)CC1. The number of rotatable bonds is 7. The summed E-state index contributed by atoms with van der Waals surface area (Å²) in [6.07, 6.45) is 1.45. The number of carbonyl (C=O) groups excluding carboxylic acids is 1. The minimum Gasteiger partial charge on any atom is -0.481 e. The summed E-state index contributed by atoms with van der Waals surface area (Å²) in [6.45, 7) is 4.64. The first kappa shape index (κ1) is 15.3. The summed E-state index contributed by atoms with van der Waals surface area (Å²) in [7, 11) is 0. The molecule has 0 radical (unpaired) electrons. The van der Waals surface area contributed by atoms with Gasteiger partial charge in [0.05, 0.1) is 6.42 Å². The standard InChI is InChI=1S/C12H20N2O5/c1-7(2)12(3-4-12)6-13-11(19)14-8(10(17)18)5-9(15)16/h7-8H,3-6H2,1-2H3,(H,15,16)(H,17,18)(H2,13,14,19)/t8-/m1/s1. The van der Waals surface area contributed by atoms with Gasteiger partial charge in [-0.3, -0.25) is 4.79 Å². The van der Waals surface area contributed by atoms with Crippen molar-refractivity contribution >= 4 is 18.0 Å². The van der Waals surface area contributed by atoms with Gasteiger partial charge in [-0.15, -0.1) is 0 Å². The van der Waals surface area contributed by atoms with Gasteiger partial charge in [0.2, 0.25) is 0 Å². The van der Waals surface area contributed by atoms with Crippen molar-refractivity contribution in [3.63, 3.8) is 0 Å². The van der Waals surface area contributed by atoms with Crippen LogP contribution < -0.4 is 10.6 Å². The summed E-state index contributed by atoms with van der Waals surface area (Å²) in [5, 5.41) is 22.1. The summed E-state index contributed by atoms with van der Waals surface area (Å²) in [5.74, 6) is -2.18. The predicted octanol–water partition coefficient (Wildman–Crippen LogP) is 0.650. The van der Waals surface area contributed by atoms with Crippen molar-refractivity contribution in [2.24, 2.45) is 11.3 Å². The molecule has 0 aromatic carbocycles. The number of amides is 2. The third-order valence-corrected chi connectivity index (χ3v) is 3.70. The van der Waals surface area contributed by atoms with Gasteiger partial charge in [0.25, 0.3) is 0 Å². The Morgan fingerprint density at radius 3 is 2.16 bits per heavy atom. The van der Waals surface area contributed by atoms with Crippen LogP contribution in [0.3, 0.4) is 0 Å². The van der Waals surface area contributed by atoms with Gasteiger partial charge in [-0.2, -0.15) is 0 Å². The second kappa shape index (κ2) is 5.90. The van der Waals surface area contributed by atoms with Crippen LogP contribution in [0.2, 0.25) is 0 Å². The van der Waals surface area contributed by atoms with Gasteiger partial charge in [0, 0.05) is 6.54 Å². The van der Waals surface area contributed by atoms with Gasteiger partial charge in [-0.05, 0) is 24.2 Å². The molecule has 0 unspecified atom stereocenters. The monoisotopic (exact) mass is 272 g/mol. The van der Waals surface area contributed by atoms with E-state index < -0.39 is 30.4 Å². The molecule has 19 heavy (non-hydrogen) atoms. The highest BCUT2D eigenvalue weighted by molar-refractivity contribution is 5.86. The summed E-state index contributed by atoms with van der Waals surface area (Å²) < 4.78 is 0. The number of hydrogen-bond acceptors (Lipinski definition) is 3. The number of carboxylic acid groups (broad SMARTS) is 2. The topological polar surface area (TPSA) is 116 Å². The first-order valence-electron chi connectivity index (χ1n) is 6.26. The minimum atomic E-state index is -1.41. The van der Waals surface area contributed by atoms with Gasteiger partial charge in [-0.1, -0.05) is 13.8 Å². The summed E-state index contributed by atoms with van der Waals surface area (Å²) in [6, 6.07) is -2.05. The zero-order valence-corrected chi connectivity index (χ0v) is 11.1. The van der Waals surface area contributed by atoms with Crippen molar-refractivity contribution in [3.8, 4) is 0 Å².